The lowest BCUT2D eigenvalue weighted by molar-refractivity contribution is -0.0228. The Morgan fingerprint density at radius 3 is 1.32 bits per heavy atom. The predicted molar refractivity (Wildman–Crippen MR) is 127 cm³/mol. The van der Waals surface area contributed by atoms with Crippen LogP contribution in [0.15, 0.2) is 0 Å². The zero-order valence-corrected chi connectivity index (χ0v) is 22.6. The summed E-state index contributed by atoms with van der Waals surface area (Å²) in [6, 6.07) is 0.105. The first kappa shape index (κ1) is 31.7. The zero-order valence-electron chi connectivity index (χ0n) is 22.6. The molecule has 0 aliphatic carbocycles. The van der Waals surface area contributed by atoms with Crippen molar-refractivity contribution in [2.45, 2.75) is 126 Å². The summed E-state index contributed by atoms with van der Waals surface area (Å²) in [5.74, 6) is 0.715. The number of nitrogens with one attached hydrogen (secondary N) is 2. The third kappa shape index (κ3) is 21.5. The molecule has 0 aliphatic rings. The second kappa shape index (κ2) is 13.1. The van der Waals surface area contributed by atoms with Crippen LogP contribution in [0.1, 0.15) is 96.9 Å². The molecule has 0 aromatic carbocycles. The lowest BCUT2D eigenvalue weighted by Crippen LogP contribution is -2.45. The largest absolute Gasteiger partial charge is 0.444 e. The Morgan fingerprint density at radius 1 is 0.645 bits per heavy atom. The summed E-state index contributed by atoms with van der Waals surface area (Å²) in [5, 5.41) is 5.63. The molecule has 0 unspecified atom stereocenters. The molecule has 0 fully saturated rings. The Labute approximate surface area is 191 Å². The van der Waals surface area contributed by atoms with E-state index in [4.69, 9.17) is 14.2 Å². The van der Waals surface area contributed by atoms with E-state index in [0.29, 0.717) is 18.4 Å². The maximum Gasteiger partial charge on any atom is 0.407 e. The van der Waals surface area contributed by atoms with Crippen LogP contribution in [0.3, 0.4) is 0 Å². The van der Waals surface area contributed by atoms with Crippen molar-refractivity contribution in [2.24, 2.45) is 11.8 Å². The van der Waals surface area contributed by atoms with Gasteiger partial charge in [0.05, 0.1) is 18.2 Å². The van der Waals surface area contributed by atoms with Crippen LogP contribution in [-0.2, 0) is 14.2 Å². The van der Waals surface area contributed by atoms with Crippen LogP contribution < -0.4 is 10.6 Å². The topological polar surface area (TPSA) is 85.9 Å². The van der Waals surface area contributed by atoms with Crippen molar-refractivity contribution in [2.75, 3.05) is 6.61 Å². The fraction of sp³-hybridized carbons (Fsp3) is 0.917. The fourth-order valence-corrected chi connectivity index (χ4v) is 1.86. The van der Waals surface area contributed by atoms with E-state index in [9.17, 15) is 9.59 Å². The van der Waals surface area contributed by atoms with Gasteiger partial charge >= 0.3 is 12.2 Å². The minimum atomic E-state index is -0.476. The number of rotatable bonds is 6. The third-order valence-corrected chi connectivity index (χ3v) is 3.95. The van der Waals surface area contributed by atoms with Gasteiger partial charge in [0.15, 0.2) is 0 Å². The average molecular weight is 447 g/mol. The summed E-state index contributed by atoms with van der Waals surface area (Å²) in [6.07, 6.45) is -0.729. The molecule has 0 saturated carbocycles. The number of amides is 2. The molecule has 0 heterocycles. The highest BCUT2D eigenvalue weighted by Crippen LogP contribution is 2.12. The van der Waals surface area contributed by atoms with Crippen LogP contribution in [-0.4, -0.2) is 47.7 Å². The van der Waals surface area contributed by atoms with Crippen molar-refractivity contribution in [3.8, 4) is 0 Å². The maximum absolute atomic E-state index is 11.7. The second-order valence-electron chi connectivity index (χ2n) is 11.6. The summed E-state index contributed by atoms with van der Waals surface area (Å²) in [4.78, 5) is 22.9. The molecule has 0 saturated heterocycles. The molecule has 0 bridgehead atoms. The van der Waals surface area contributed by atoms with Crippen LogP contribution >= 0.6 is 0 Å². The van der Waals surface area contributed by atoms with Gasteiger partial charge in [-0.3, -0.25) is 0 Å². The van der Waals surface area contributed by atoms with Gasteiger partial charge in [-0.1, -0.05) is 27.7 Å². The molecular formula is C24H50N2O5. The van der Waals surface area contributed by atoms with E-state index in [1.807, 2.05) is 83.1 Å². The highest BCUT2D eigenvalue weighted by Gasteiger charge is 2.23. The molecular weight excluding hydrogens is 396 g/mol. The molecule has 2 amide bonds. The summed E-state index contributed by atoms with van der Waals surface area (Å²) in [7, 11) is 0. The normalized spacial score (nSPS) is 14.3. The molecule has 7 nitrogen and oxygen atoms in total. The van der Waals surface area contributed by atoms with Gasteiger partial charge in [0.2, 0.25) is 0 Å². The number of ether oxygens (including phenoxy) is 3. The van der Waals surface area contributed by atoms with E-state index in [0.717, 1.165) is 0 Å². The van der Waals surface area contributed by atoms with Crippen molar-refractivity contribution in [1.29, 1.82) is 0 Å². The summed E-state index contributed by atoms with van der Waals surface area (Å²) >= 11 is 0. The monoisotopic (exact) mass is 446 g/mol. The molecule has 2 N–H and O–H groups in total. The second-order valence-corrected chi connectivity index (χ2v) is 11.6. The van der Waals surface area contributed by atoms with Crippen molar-refractivity contribution in [3.05, 3.63) is 0 Å². The van der Waals surface area contributed by atoms with Gasteiger partial charge in [0, 0.05) is 6.04 Å². The summed E-state index contributed by atoms with van der Waals surface area (Å²) in [5.41, 5.74) is -1.10. The fourth-order valence-electron chi connectivity index (χ4n) is 1.86. The molecule has 2 atom stereocenters. The smallest absolute Gasteiger partial charge is 0.407 e. The Morgan fingerprint density at radius 2 is 1.03 bits per heavy atom. The molecule has 0 rings (SSSR count). The molecule has 186 valence electrons. The SMILES string of the molecule is CC(C)[C@H](C)NC(=O)OC(C)(C)C.CC(C)[C@H](COC(C)(C)C)NC(=O)OC(C)(C)C. The van der Waals surface area contributed by atoms with Gasteiger partial charge in [-0.15, -0.1) is 0 Å². The van der Waals surface area contributed by atoms with Crippen LogP contribution in [0.4, 0.5) is 9.59 Å². The van der Waals surface area contributed by atoms with Gasteiger partial charge in [-0.25, -0.2) is 9.59 Å². The van der Waals surface area contributed by atoms with E-state index in [1.165, 1.54) is 0 Å². The first-order valence-corrected chi connectivity index (χ1v) is 11.3. The van der Waals surface area contributed by atoms with Gasteiger partial charge < -0.3 is 24.8 Å². The van der Waals surface area contributed by atoms with Gasteiger partial charge in [-0.2, -0.15) is 0 Å². The van der Waals surface area contributed by atoms with Gasteiger partial charge in [-0.05, 0) is 81.1 Å². The highest BCUT2D eigenvalue weighted by atomic mass is 16.6. The average Bonchev–Trinajstić information content (AvgIpc) is 2.46. The van der Waals surface area contributed by atoms with Gasteiger partial charge in [0.25, 0.3) is 0 Å². The molecule has 0 aromatic rings. The molecule has 0 aromatic heterocycles. The van der Waals surface area contributed by atoms with Crippen LogP contribution in [0.25, 0.3) is 0 Å². The number of carbonyl (C=O) groups excluding carboxylic acids is 2. The standard InChI is InChI=1S/C14H29NO3.C10H21NO2/c1-10(2)11(9-17-13(3,4)5)15-12(16)18-14(6,7)8;1-7(2)8(3)11-9(12)13-10(4,5)6/h10-11H,9H2,1-8H3,(H,15,16);7-8H,1-6H3,(H,11,12)/t11-;8-/m00/s1. The Balaban J connectivity index is 0. The first-order chi connectivity index (χ1) is 13.6. The molecule has 0 spiro atoms. The van der Waals surface area contributed by atoms with Crippen molar-refractivity contribution >= 4 is 12.2 Å². The highest BCUT2D eigenvalue weighted by molar-refractivity contribution is 5.68. The maximum atomic E-state index is 11.7. The van der Waals surface area contributed by atoms with Crippen molar-refractivity contribution in [1.82, 2.24) is 10.6 Å². The van der Waals surface area contributed by atoms with E-state index < -0.39 is 17.3 Å². The molecule has 31 heavy (non-hydrogen) atoms. The van der Waals surface area contributed by atoms with E-state index >= 15 is 0 Å². The van der Waals surface area contributed by atoms with E-state index in [2.05, 4.69) is 24.5 Å². The minimum absolute atomic E-state index is 0.0425. The number of alkyl carbamates (subject to hydrolysis) is 2. The molecule has 0 radical (unpaired) electrons. The zero-order chi connectivity index (χ0) is 25.2. The quantitative estimate of drug-likeness (QED) is 0.530. The van der Waals surface area contributed by atoms with Crippen LogP contribution in [0, 0.1) is 11.8 Å². The molecule has 7 heteroatoms. The Bertz CT molecular complexity index is 526. The van der Waals surface area contributed by atoms with Crippen molar-refractivity contribution in [3.63, 3.8) is 0 Å². The Hall–Kier alpha value is -1.50. The van der Waals surface area contributed by atoms with Crippen LogP contribution in [0.5, 0.6) is 0 Å². The van der Waals surface area contributed by atoms with Crippen LogP contribution in [0.2, 0.25) is 0 Å². The first-order valence-electron chi connectivity index (χ1n) is 11.3. The Kier molecular flexibility index (Phi) is 13.4. The summed E-state index contributed by atoms with van der Waals surface area (Å²) < 4.78 is 16.1. The molecule has 0 aliphatic heterocycles. The third-order valence-electron chi connectivity index (χ3n) is 3.95. The van der Waals surface area contributed by atoms with Gasteiger partial charge in [0.1, 0.15) is 11.2 Å². The lowest BCUT2D eigenvalue weighted by atomic mass is 10.1. The number of carbonyl (C=O) groups is 2. The predicted octanol–water partition coefficient (Wildman–Crippen LogP) is 5.91. The van der Waals surface area contributed by atoms with E-state index in [-0.39, 0.29) is 23.8 Å². The van der Waals surface area contributed by atoms with E-state index in [1.54, 1.807) is 0 Å². The minimum Gasteiger partial charge on any atom is -0.444 e. The van der Waals surface area contributed by atoms with Crippen molar-refractivity contribution < 1.29 is 23.8 Å². The number of hydrogen-bond donors (Lipinski definition) is 2. The lowest BCUT2D eigenvalue weighted by Gasteiger charge is -2.28. The number of hydrogen-bond acceptors (Lipinski definition) is 5. The summed E-state index contributed by atoms with van der Waals surface area (Å²) in [6.45, 7) is 27.8.